The Morgan fingerprint density at radius 2 is 2.03 bits per heavy atom. The highest BCUT2D eigenvalue weighted by Gasteiger charge is 2.16. The second-order valence-corrected chi connectivity index (χ2v) is 7.53. The lowest BCUT2D eigenvalue weighted by molar-refractivity contribution is 0.0948. The Labute approximate surface area is 182 Å². The van der Waals surface area contributed by atoms with Crippen molar-refractivity contribution in [3.05, 3.63) is 92.9 Å². The van der Waals surface area contributed by atoms with Crippen LogP contribution >= 0.6 is 11.6 Å². The zero-order valence-corrected chi connectivity index (χ0v) is 17.4. The Kier molecular flexibility index (Phi) is 5.81. The fourth-order valence-electron chi connectivity index (χ4n) is 3.36. The minimum absolute atomic E-state index is 0.0397. The van der Waals surface area contributed by atoms with E-state index in [1.54, 1.807) is 0 Å². The molecule has 0 spiro atoms. The van der Waals surface area contributed by atoms with Crippen LogP contribution < -0.4 is 10.9 Å². The summed E-state index contributed by atoms with van der Waals surface area (Å²) < 4.78 is 16.9. The van der Waals surface area contributed by atoms with E-state index in [-0.39, 0.29) is 29.2 Å². The molecule has 2 aromatic heterocycles. The van der Waals surface area contributed by atoms with Gasteiger partial charge < -0.3 is 5.32 Å². The molecule has 0 saturated heterocycles. The van der Waals surface area contributed by atoms with E-state index in [4.69, 9.17) is 11.6 Å². The van der Waals surface area contributed by atoms with Gasteiger partial charge in [0.2, 0.25) is 0 Å². The van der Waals surface area contributed by atoms with E-state index in [2.05, 4.69) is 15.4 Å². The van der Waals surface area contributed by atoms with Gasteiger partial charge >= 0.3 is 0 Å². The maximum absolute atomic E-state index is 13.9. The third-order valence-corrected chi connectivity index (χ3v) is 5.17. The number of amides is 1. The maximum Gasteiger partial charge on any atom is 0.264 e. The fraction of sp³-hybridized carbons (Fsp3) is 0.182. The zero-order chi connectivity index (χ0) is 22.0. The van der Waals surface area contributed by atoms with E-state index in [9.17, 15) is 14.0 Å². The van der Waals surface area contributed by atoms with Gasteiger partial charge in [-0.25, -0.2) is 14.1 Å². The minimum Gasteiger partial charge on any atom is -0.350 e. The molecule has 0 bridgehead atoms. The number of carbonyl (C=O) groups excluding carboxylic acids is 1. The highest BCUT2D eigenvalue weighted by molar-refractivity contribution is 6.33. The number of rotatable bonds is 6. The Hall–Kier alpha value is -3.52. The lowest BCUT2D eigenvalue weighted by atomic mass is 10.1. The summed E-state index contributed by atoms with van der Waals surface area (Å²) in [5, 5.41) is 7.25. The summed E-state index contributed by atoms with van der Waals surface area (Å²) in [6.45, 7) is 2.83. The number of aromatic nitrogens is 4. The van der Waals surface area contributed by atoms with Crippen LogP contribution in [0.1, 0.15) is 21.5 Å². The SMILES string of the molecule is Cc1cccc(Cn2cnc3c(cnn3CCNC(=O)c3c(F)cccc3Cl)c2=O)c1. The standard InChI is InChI=1S/C22H19ClFN5O2/c1-14-4-2-5-15(10-14)12-28-13-26-20-16(22(28)31)11-27-29(20)9-8-25-21(30)19-17(23)6-3-7-18(19)24/h2-7,10-11,13H,8-9,12H2,1H3,(H,25,30). The van der Waals surface area contributed by atoms with Crippen LogP contribution in [0.5, 0.6) is 0 Å². The molecule has 2 aromatic carbocycles. The number of carbonyl (C=O) groups is 1. The molecule has 9 heteroatoms. The van der Waals surface area contributed by atoms with Crippen molar-refractivity contribution in [3.8, 4) is 0 Å². The predicted octanol–water partition coefficient (Wildman–Crippen LogP) is 3.17. The summed E-state index contributed by atoms with van der Waals surface area (Å²) in [4.78, 5) is 29.4. The van der Waals surface area contributed by atoms with E-state index in [1.807, 2.05) is 31.2 Å². The van der Waals surface area contributed by atoms with Gasteiger partial charge in [0.1, 0.15) is 17.5 Å². The number of nitrogens with zero attached hydrogens (tertiary/aromatic N) is 4. The Balaban J connectivity index is 1.48. The largest absolute Gasteiger partial charge is 0.350 e. The highest BCUT2D eigenvalue weighted by atomic mass is 35.5. The molecule has 0 aliphatic carbocycles. The maximum atomic E-state index is 13.9. The average Bonchev–Trinajstić information content (AvgIpc) is 3.14. The van der Waals surface area contributed by atoms with Gasteiger partial charge in [-0.05, 0) is 24.6 Å². The molecular weight excluding hydrogens is 421 g/mol. The van der Waals surface area contributed by atoms with Crippen LogP contribution in [-0.2, 0) is 13.1 Å². The molecule has 1 N–H and O–H groups in total. The number of halogens is 2. The van der Waals surface area contributed by atoms with Crippen LogP contribution in [0.25, 0.3) is 11.0 Å². The smallest absolute Gasteiger partial charge is 0.264 e. The van der Waals surface area contributed by atoms with Crippen LogP contribution in [-0.4, -0.2) is 31.8 Å². The van der Waals surface area contributed by atoms with Gasteiger partial charge in [-0.1, -0.05) is 47.5 Å². The number of fused-ring (bicyclic) bond motifs is 1. The second kappa shape index (κ2) is 8.69. The lowest BCUT2D eigenvalue weighted by Crippen LogP contribution is -2.28. The van der Waals surface area contributed by atoms with Crippen molar-refractivity contribution >= 4 is 28.5 Å². The third-order valence-electron chi connectivity index (χ3n) is 4.86. The highest BCUT2D eigenvalue weighted by Crippen LogP contribution is 2.18. The molecule has 0 unspecified atom stereocenters. The number of aryl methyl sites for hydroxylation is 1. The summed E-state index contributed by atoms with van der Waals surface area (Å²) in [7, 11) is 0. The molecular formula is C22H19ClFN5O2. The summed E-state index contributed by atoms with van der Waals surface area (Å²) in [5.74, 6) is -1.31. The molecule has 0 radical (unpaired) electrons. The molecule has 0 atom stereocenters. The van der Waals surface area contributed by atoms with E-state index >= 15 is 0 Å². The van der Waals surface area contributed by atoms with Crippen molar-refractivity contribution in [2.75, 3.05) is 6.54 Å². The molecule has 2 heterocycles. The Bertz CT molecular complexity index is 1310. The predicted molar refractivity (Wildman–Crippen MR) is 116 cm³/mol. The van der Waals surface area contributed by atoms with E-state index < -0.39 is 11.7 Å². The van der Waals surface area contributed by atoms with Gasteiger partial charge in [0.05, 0.1) is 29.9 Å². The average molecular weight is 440 g/mol. The Morgan fingerprint density at radius 1 is 1.23 bits per heavy atom. The molecule has 0 saturated carbocycles. The molecule has 158 valence electrons. The van der Waals surface area contributed by atoms with E-state index in [0.29, 0.717) is 17.6 Å². The second-order valence-electron chi connectivity index (χ2n) is 7.12. The lowest BCUT2D eigenvalue weighted by Gasteiger charge is -2.09. The molecule has 4 rings (SSSR count). The molecule has 0 fully saturated rings. The molecule has 31 heavy (non-hydrogen) atoms. The monoisotopic (exact) mass is 439 g/mol. The first-order chi connectivity index (χ1) is 14.9. The van der Waals surface area contributed by atoms with Crippen LogP contribution in [0.4, 0.5) is 4.39 Å². The summed E-state index contributed by atoms with van der Waals surface area (Å²) in [6, 6.07) is 12.0. The van der Waals surface area contributed by atoms with Crippen LogP contribution in [0.2, 0.25) is 5.02 Å². The first-order valence-electron chi connectivity index (χ1n) is 9.63. The fourth-order valence-corrected chi connectivity index (χ4v) is 3.61. The quantitative estimate of drug-likeness (QED) is 0.500. The molecule has 0 aliphatic heterocycles. The van der Waals surface area contributed by atoms with E-state index in [1.165, 1.54) is 40.0 Å². The van der Waals surface area contributed by atoms with Gasteiger partial charge in [0.25, 0.3) is 11.5 Å². The molecule has 4 aromatic rings. The van der Waals surface area contributed by atoms with Crippen LogP contribution in [0.15, 0.2) is 59.8 Å². The van der Waals surface area contributed by atoms with Gasteiger partial charge in [-0.2, -0.15) is 5.10 Å². The van der Waals surface area contributed by atoms with Gasteiger partial charge in [0, 0.05) is 6.54 Å². The first-order valence-corrected chi connectivity index (χ1v) is 10.0. The molecule has 1 amide bonds. The number of hydrogen-bond acceptors (Lipinski definition) is 4. The van der Waals surface area contributed by atoms with Gasteiger partial charge in [-0.15, -0.1) is 0 Å². The summed E-state index contributed by atoms with van der Waals surface area (Å²) in [6.07, 6.45) is 2.95. The normalized spacial score (nSPS) is 11.1. The van der Waals surface area contributed by atoms with Gasteiger partial charge in [-0.3, -0.25) is 14.2 Å². The third kappa shape index (κ3) is 4.34. The number of nitrogens with one attached hydrogen (secondary N) is 1. The van der Waals surface area contributed by atoms with Crippen molar-refractivity contribution in [2.45, 2.75) is 20.0 Å². The van der Waals surface area contributed by atoms with Crippen molar-refractivity contribution in [1.82, 2.24) is 24.6 Å². The summed E-state index contributed by atoms with van der Waals surface area (Å²) in [5.41, 5.74) is 2.14. The first kappa shape index (κ1) is 20.7. The van der Waals surface area contributed by atoms with Crippen LogP contribution in [0, 0.1) is 12.7 Å². The van der Waals surface area contributed by atoms with Gasteiger partial charge in [0.15, 0.2) is 5.65 Å². The number of benzene rings is 2. The van der Waals surface area contributed by atoms with Crippen molar-refractivity contribution in [3.63, 3.8) is 0 Å². The van der Waals surface area contributed by atoms with Crippen molar-refractivity contribution < 1.29 is 9.18 Å². The summed E-state index contributed by atoms with van der Waals surface area (Å²) >= 11 is 5.91. The van der Waals surface area contributed by atoms with Crippen LogP contribution in [0.3, 0.4) is 0 Å². The Morgan fingerprint density at radius 3 is 2.81 bits per heavy atom. The minimum atomic E-state index is -0.689. The van der Waals surface area contributed by atoms with Crippen molar-refractivity contribution in [2.24, 2.45) is 0 Å². The van der Waals surface area contributed by atoms with E-state index in [0.717, 1.165) is 11.1 Å². The topological polar surface area (TPSA) is 81.8 Å². The zero-order valence-electron chi connectivity index (χ0n) is 16.7. The number of hydrogen-bond donors (Lipinski definition) is 1. The molecule has 0 aliphatic rings. The van der Waals surface area contributed by atoms with Crippen molar-refractivity contribution in [1.29, 1.82) is 0 Å². The molecule has 7 nitrogen and oxygen atoms in total.